The number of hydrogen-bond acceptors (Lipinski definition) is 2. The van der Waals surface area contributed by atoms with Crippen molar-refractivity contribution in [1.82, 2.24) is 10.6 Å². The minimum Gasteiger partial charge on any atom is -0.317 e. The zero-order valence-corrected chi connectivity index (χ0v) is 9.10. The van der Waals surface area contributed by atoms with Gasteiger partial charge in [0, 0.05) is 0 Å². The Hall–Kier alpha value is -0.0800. The molecule has 1 saturated carbocycles. The topological polar surface area (TPSA) is 24.1 Å². The third kappa shape index (κ3) is 4.63. The summed E-state index contributed by atoms with van der Waals surface area (Å²) in [4.78, 5) is 0. The zero-order chi connectivity index (χ0) is 9.52. The van der Waals surface area contributed by atoms with Crippen molar-refractivity contribution in [3.05, 3.63) is 0 Å². The van der Waals surface area contributed by atoms with Crippen molar-refractivity contribution in [2.24, 2.45) is 11.8 Å². The van der Waals surface area contributed by atoms with E-state index in [9.17, 15) is 0 Å². The van der Waals surface area contributed by atoms with Crippen molar-refractivity contribution in [3.8, 4) is 0 Å². The smallest absolute Gasteiger partial charge is 0.00178 e. The molecule has 0 radical (unpaired) electrons. The van der Waals surface area contributed by atoms with E-state index >= 15 is 0 Å². The maximum Gasteiger partial charge on any atom is -0.00178 e. The van der Waals surface area contributed by atoms with E-state index in [1.807, 2.05) is 0 Å². The highest BCUT2D eigenvalue weighted by Gasteiger charge is 2.34. The van der Waals surface area contributed by atoms with Gasteiger partial charge in [-0.2, -0.15) is 0 Å². The fraction of sp³-hybridized carbons (Fsp3) is 1.00. The summed E-state index contributed by atoms with van der Waals surface area (Å²) in [5.74, 6) is 2.05. The molecule has 2 nitrogen and oxygen atoms in total. The fourth-order valence-corrected chi connectivity index (χ4v) is 1.86. The summed E-state index contributed by atoms with van der Waals surface area (Å²) in [6, 6.07) is 0. The van der Waals surface area contributed by atoms with Crippen molar-refractivity contribution < 1.29 is 0 Å². The largest absolute Gasteiger partial charge is 0.317 e. The van der Waals surface area contributed by atoms with Gasteiger partial charge in [0.1, 0.15) is 0 Å². The van der Waals surface area contributed by atoms with Crippen LogP contribution >= 0.6 is 0 Å². The van der Waals surface area contributed by atoms with Gasteiger partial charge < -0.3 is 10.6 Å². The summed E-state index contributed by atoms with van der Waals surface area (Å²) in [5.41, 5.74) is 0. The standard InChI is InChI=1S/C11H24N2/c1-3-10-8-11(10)9-13-7-5-6-12-4-2/h10-13H,3-9H2,1-2H3. The van der Waals surface area contributed by atoms with Crippen LogP contribution in [0.15, 0.2) is 0 Å². The molecule has 1 aliphatic rings. The predicted molar refractivity (Wildman–Crippen MR) is 57.9 cm³/mol. The molecule has 13 heavy (non-hydrogen) atoms. The molecule has 0 aromatic carbocycles. The first kappa shape index (κ1) is 11.0. The minimum atomic E-state index is 1.00. The highest BCUT2D eigenvalue weighted by molar-refractivity contribution is 4.86. The third-order valence-electron chi connectivity index (χ3n) is 2.96. The zero-order valence-electron chi connectivity index (χ0n) is 9.10. The van der Waals surface area contributed by atoms with E-state index in [1.165, 1.54) is 32.4 Å². The van der Waals surface area contributed by atoms with Crippen molar-refractivity contribution >= 4 is 0 Å². The highest BCUT2D eigenvalue weighted by atomic mass is 14.9. The summed E-state index contributed by atoms with van der Waals surface area (Å²) in [6.07, 6.45) is 4.11. The lowest BCUT2D eigenvalue weighted by Crippen LogP contribution is -2.23. The molecule has 0 spiro atoms. The molecule has 78 valence electrons. The van der Waals surface area contributed by atoms with E-state index < -0.39 is 0 Å². The van der Waals surface area contributed by atoms with Gasteiger partial charge in [0.15, 0.2) is 0 Å². The van der Waals surface area contributed by atoms with Crippen LogP contribution in [0, 0.1) is 11.8 Å². The predicted octanol–water partition coefficient (Wildman–Crippen LogP) is 1.62. The van der Waals surface area contributed by atoms with Gasteiger partial charge in [0.05, 0.1) is 0 Å². The number of rotatable bonds is 8. The van der Waals surface area contributed by atoms with Crippen LogP contribution in [0.2, 0.25) is 0 Å². The lowest BCUT2D eigenvalue weighted by Gasteiger charge is -2.04. The Morgan fingerprint density at radius 2 is 1.85 bits per heavy atom. The molecule has 0 aromatic heterocycles. The molecule has 0 aromatic rings. The molecule has 0 saturated heterocycles. The van der Waals surface area contributed by atoms with Crippen molar-refractivity contribution in [2.45, 2.75) is 33.1 Å². The van der Waals surface area contributed by atoms with Crippen LogP contribution in [0.3, 0.4) is 0 Å². The van der Waals surface area contributed by atoms with Gasteiger partial charge >= 0.3 is 0 Å². The van der Waals surface area contributed by atoms with Crippen LogP contribution in [-0.2, 0) is 0 Å². The lowest BCUT2D eigenvalue weighted by atomic mass is 10.2. The SMILES string of the molecule is CCNCCCNCC1CC1CC. The lowest BCUT2D eigenvalue weighted by molar-refractivity contribution is 0.562. The molecule has 2 heteroatoms. The first-order chi connectivity index (χ1) is 6.38. The summed E-state index contributed by atoms with van der Waals surface area (Å²) in [5, 5.41) is 6.86. The van der Waals surface area contributed by atoms with E-state index in [1.54, 1.807) is 0 Å². The molecule has 2 atom stereocenters. The maximum atomic E-state index is 3.53. The molecular formula is C11H24N2. The second-order valence-electron chi connectivity index (χ2n) is 4.08. The Kier molecular flexibility index (Phi) is 5.40. The van der Waals surface area contributed by atoms with Gasteiger partial charge in [-0.1, -0.05) is 20.3 Å². The van der Waals surface area contributed by atoms with E-state index in [4.69, 9.17) is 0 Å². The molecule has 1 rings (SSSR count). The Balaban J connectivity index is 1.75. The summed E-state index contributed by atoms with van der Waals surface area (Å²) in [6.45, 7) is 9.15. The van der Waals surface area contributed by atoms with Gasteiger partial charge in [-0.15, -0.1) is 0 Å². The molecule has 0 bridgehead atoms. The van der Waals surface area contributed by atoms with Crippen molar-refractivity contribution in [1.29, 1.82) is 0 Å². The van der Waals surface area contributed by atoms with Gasteiger partial charge in [-0.3, -0.25) is 0 Å². The Labute approximate surface area is 82.5 Å². The van der Waals surface area contributed by atoms with Gasteiger partial charge in [0.25, 0.3) is 0 Å². The Morgan fingerprint density at radius 3 is 2.46 bits per heavy atom. The number of hydrogen-bond donors (Lipinski definition) is 2. The first-order valence-corrected chi connectivity index (χ1v) is 5.79. The van der Waals surface area contributed by atoms with Crippen LogP contribution in [0.1, 0.15) is 33.1 Å². The second kappa shape index (κ2) is 6.39. The minimum absolute atomic E-state index is 1.00. The van der Waals surface area contributed by atoms with E-state index in [0.29, 0.717) is 0 Å². The second-order valence-corrected chi connectivity index (χ2v) is 4.08. The summed E-state index contributed by atoms with van der Waals surface area (Å²) < 4.78 is 0. The highest BCUT2D eigenvalue weighted by Crippen LogP contribution is 2.40. The van der Waals surface area contributed by atoms with Gasteiger partial charge in [-0.05, 0) is 50.9 Å². The van der Waals surface area contributed by atoms with E-state index in [-0.39, 0.29) is 0 Å². The van der Waals surface area contributed by atoms with Crippen molar-refractivity contribution in [2.75, 3.05) is 26.2 Å². The van der Waals surface area contributed by atoms with Crippen LogP contribution < -0.4 is 10.6 Å². The van der Waals surface area contributed by atoms with E-state index in [2.05, 4.69) is 24.5 Å². The van der Waals surface area contributed by atoms with Crippen LogP contribution in [0.4, 0.5) is 0 Å². The van der Waals surface area contributed by atoms with Gasteiger partial charge in [0.2, 0.25) is 0 Å². The molecule has 1 fully saturated rings. The fourth-order valence-electron chi connectivity index (χ4n) is 1.86. The normalized spacial score (nSPS) is 26.3. The van der Waals surface area contributed by atoms with Crippen LogP contribution in [0.5, 0.6) is 0 Å². The van der Waals surface area contributed by atoms with Gasteiger partial charge in [-0.25, -0.2) is 0 Å². The molecule has 2 N–H and O–H groups in total. The Morgan fingerprint density at radius 1 is 1.08 bits per heavy atom. The quantitative estimate of drug-likeness (QED) is 0.560. The average Bonchev–Trinajstić information content (AvgIpc) is 2.90. The maximum absolute atomic E-state index is 3.53. The van der Waals surface area contributed by atoms with Crippen LogP contribution in [0.25, 0.3) is 0 Å². The molecule has 1 aliphatic carbocycles. The summed E-state index contributed by atoms with van der Waals surface area (Å²) in [7, 11) is 0. The molecule has 2 unspecified atom stereocenters. The molecule has 0 aliphatic heterocycles. The monoisotopic (exact) mass is 184 g/mol. The third-order valence-corrected chi connectivity index (χ3v) is 2.96. The summed E-state index contributed by atoms with van der Waals surface area (Å²) >= 11 is 0. The first-order valence-electron chi connectivity index (χ1n) is 5.79. The van der Waals surface area contributed by atoms with Crippen molar-refractivity contribution in [3.63, 3.8) is 0 Å². The Bertz CT molecular complexity index is 125. The molecular weight excluding hydrogens is 160 g/mol. The van der Waals surface area contributed by atoms with E-state index in [0.717, 1.165) is 24.9 Å². The number of nitrogens with one attached hydrogen (secondary N) is 2. The molecule has 0 heterocycles. The average molecular weight is 184 g/mol. The molecule has 0 amide bonds. The van der Waals surface area contributed by atoms with Crippen LogP contribution in [-0.4, -0.2) is 26.2 Å².